The van der Waals surface area contributed by atoms with Gasteiger partial charge in [0.1, 0.15) is 0 Å². The number of hydrogen-bond acceptors (Lipinski definition) is 3. The lowest BCUT2D eigenvalue weighted by Crippen LogP contribution is -1.95. The molecule has 4 nitrogen and oxygen atoms in total. The summed E-state index contributed by atoms with van der Waals surface area (Å²) in [5.41, 5.74) is 0. The van der Waals surface area contributed by atoms with E-state index < -0.39 is 0 Å². The van der Waals surface area contributed by atoms with Crippen molar-refractivity contribution in [2.24, 2.45) is 7.05 Å². The fourth-order valence-electron chi connectivity index (χ4n) is 0.518. The highest BCUT2D eigenvalue weighted by Crippen LogP contribution is 2.01. The van der Waals surface area contributed by atoms with Crippen LogP contribution in [-0.2, 0) is 7.05 Å². The lowest BCUT2D eigenvalue weighted by molar-refractivity contribution is 0.496. The first-order valence-electron chi connectivity index (χ1n) is 2.47. The standard InChI is InChI=1S/C5H7N3O/c1-8-3-2-7-5(8)9-4-6/h2-4,6H,1H3. The number of rotatable bonds is 2. The van der Waals surface area contributed by atoms with Gasteiger partial charge < -0.3 is 9.30 Å². The average molecular weight is 125 g/mol. The molecule has 0 fully saturated rings. The molecule has 0 atom stereocenters. The van der Waals surface area contributed by atoms with Crippen LogP contribution in [0.2, 0.25) is 0 Å². The summed E-state index contributed by atoms with van der Waals surface area (Å²) in [7, 11) is 1.80. The Kier molecular flexibility index (Phi) is 1.48. The van der Waals surface area contributed by atoms with Crippen molar-refractivity contribution in [3.63, 3.8) is 0 Å². The van der Waals surface area contributed by atoms with Crippen molar-refractivity contribution >= 4 is 6.40 Å². The molecule has 0 amide bonds. The van der Waals surface area contributed by atoms with E-state index >= 15 is 0 Å². The Labute approximate surface area is 52.6 Å². The third kappa shape index (κ3) is 1.07. The van der Waals surface area contributed by atoms with Crippen molar-refractivity contribution in [1.82, 2.24) is 9.55 Å². The summed E-state index contributed by atoms with van der Waals surface area (Å²) in [4.78, 5) is 3.80. The minimum atomic E-state index is 0.435. The SMILES string of the molecule is Cn1ccnc1OC=N. The van der Waals surface area contributed by atoms with Crippen molar-refractivity contribution in [2.75, 3.05) is 0 Å². The lowest BCUT2D eigenvalue weighted by Gasteiger charge is -1.94. The molecule has 0 aromatic carbocycles. The summed E-state index contributed by atoms with van der Waals surface area (Å²) >= 11 is 0. The Balaban J connectivity index is 2.80. The molecule has 0 unspecified atom stereocenters. The van der Waals surface area contributed by atoms with Gasteiger partial charge in [-0.2, -0.15) is 0 Å². The van der Waals surface area contributed by atoms with Crippen LogP contribution in [0.5, 0.6) is 6.01 Å². The normalized spacial score (nSPS) is 9.00. The Bertz CT molecular complexity index is 206. The van der Waals surface area contributed by atoms with Crippen LogP contribution in [0.3, 0.4) is 0 Å². The maximum Gasteiger partial charge on any atom is 0.302 e. The van der Waals surface area contributed by atoms with Crippen LogP contribution < -0.4 is 4.74 Å². The first-order valence-corrected chi connectivity index (χ1v) is 2.47. The van der Waals surface area contributed by atoms with Crippen molar-refractivity contribution in [1.29, 1.82) is 5.41 Å². The van der Waals surface area contributed by atoms with Gasteiger partial charge in [-0.05, 0) is 0 Å². The van der Waals surface area contributed by atoms with Gasteiger partial charge in [0, 0.05) is 19.4 Å². The molecule has 0 saturated heterocycles. The van der Waals surface area contributed by atoms with Crippen molar-refractivity contribution in [3.8, 4) is 6.01 Å². The third-order valence-electron chi connectivity index (χ3n) is 0.941. The molecule has 1 N–H and O–H groups in total. The van der Waals surface area contributed by atoms with Gasteiger partial charge in [-0.25, -0.2) is 4.98 Å². The molecule has 48 valence electrons. The third-order valence-corrected chi connectivity index (χ3v) is 0.941. The molecular weight excluding hydrogens is 118 g/mol. The summed E-state index contributed by atoms with van der Waals surface area (Å²) in [6.07, 6.45) is 4.21. The van der Waals surface area contributed by atoms with Crippen LogP contribution in [0, 0.1) is 5.41 Å². The zero-order chi connectivity index (χ0) is 6.69. The van der Waals surface area contributed by atoms with Crippen molar-refractivity contribution in [2.45, 2.75) is 0 Å². The van der Waals surface area contributed by atoms with E-state index in [1.807, 2.05) is 0 Å². The molecule has 1 heterocycles. The van der Waals surface area contributed by atoms with Gasteiger partial charge in [-0.15, -0.1) is 0 Å². The summed E-state index contributed by atoms with van der Waals surface area (Å²) < 4.78 is 6.36. The molecule has 4 heteroatoms. The number of imidazole rings is 1. The number of nitrogens with one attached hydrogen (secondary N) is 1. The predicted octanol–water partition coefficient (Wildman–Crippen LogP) is 0.406. The topological polar surface area (TPSA) is 50.9 Å². The maximum absolute atomic E-state index is 6.57. The molecule has 0 saturated carbocycles. The lowest BCUT2D eigenvalue weighted by atomic mass is 10.9. The molecule has 0 aliphatic carbocycles. The molecule has 0 aliphatic rings. The quantitative estimate of drug-likeness (QED) is 0.459. The summed E-state index contributed by atoms with van der Waals surface area (Å²) in [5, 5.41) is 6.57. The average Bonchev–Trinajstić information content (AvgIpc) is 2.18. The fourth-order valence-corrected chi connectivity index (χ4v) is 0.518. The Hall–Kier alpha value is -1.32. The highest BCUT2D eigenvalue weighted by Gasteiger charge is 1.94. The fraction of sp³-hybridized carbons (Fsp3) is 0.200. The van der Waals surface area contributed by atoms with E-state index in [0.29, 0.717) is 6.01 Å². The minimum Gasteiger partial charge on any atom is -0.414 e. The molecule has 0 aliphatic heterocycles. The molecule has 9 heavy (non-hydrogen) atoms. The van der Waals surface area contributed by atoms with Gasteiger partial charge in [0.25, 0.3) is 0 Å². The van der Waals surface area contributed by atoms with E-state index in [1.165, 1.54) is 0 Å². The van der Waals surface area contributed by atoms with Gasteiger partial charge in [0.15, 0.2) is 6.40 Å². The van der Waals surface area contributed by atoms with Gasteiger partial charge in [-0.1, -0.05) is 0 Å². The van der Waals surface area contributed by atoms with Crippen LogP contribution in [0.4, 0.5) is 0 Å². The van der Waals surface area contributed by atoms with Crippen LogP contribution in [0.25, 0.3) is 0 Å². The predicted molar refractivity (Wildman–Crippen MR) is 32.6 cm³/mol. The van der Waals surface area contributed by atoms with E-state index in [-0.39, 0.29) is 0 Å². The van der Waals surface area contributed by atoms with Gasteiger partial charge >= 0.3 is 6.01 Å². The monoisotopic (exact) mass is 125 g/mol. The van der Waals surface area contributed by atoms with Crippen molar-refractivity contribution < 1.29 is 4.74 Å². The van der Waals surface area contributed by atoms with E-state index in [9.17, 15) is 0 Å². The molecular formula is C5H7N3O. The molecule has 0 spiro atoms. The van der Waals surface area contributed by atoms with E-state index in [2.05, 4.69) is 9.72 Å². The largest absolute Gasteiger partial charge is 0.414 e. The van der Waals surface area contributed by atoms with Gasteiger partial charge in [-0.3, -0.25) is 5.41 Å². The zero-order valence-corrected chi connectivity index (χ0v) is 5.03. The highest BCUT2D eigenvalue weighted by atomic mass is 16.5. The maximum atomic E-state index is 6.57. The summed E-state index contributed by atoms with van der Waals surface area (Å²) in [6.45, 7) is 0. The summed E-state index contributed by atoms with van der Waals surface area (Å²) in [5.74, 6) is 0. The summed E-state index contributed by atoms with van der Waals surface area (Å²) in [6, 6.07) is 0.435. The number of ether oxygens (including phenoxy) is 1. The number of hydrogen-bond donors (Lipinski definition) is 1. The minimum absolute atomic E-state index is 0.435. The van der Waals surface area contributed by atoms with Crippen LogP contribution in [0.1, 0.15) is 0 Å². The molecule has 0 radical (unpaired) electrons. The smallest absolute Gasteiger partial charge is 0.302 e. The number of aromatic nitrogens is 2. The molecule has 1 aromatic rings. The van der Waals surface area contributed by atoms with E-state index in [1.54, 1.807) is 24.0 Å². The second-order valence-electron chi connectivity index (χ2n) is 1.56. The Morgan fingerprint density at radius 2 is 2.67 bits per heavy atom. The Morgan fingerprint density at radius 1 is 1.89 bits per heavy atom. The molecule has 0 bridgehead atoms. The second-order valence-corrected chi connectivity index (χ2v) is 1.56. The number of nitrogens with zero attached hydrogens (tertiary/aromatic N) is 2. The highest BCUT2D eigenvalue weighted by molar-refractivity contribution is 5.45. The second kappa shape index (κ2) is 2.30. The Morgan fingerprint density at radius 3 is 3.11 bits per heavy atom. The first kappa shape index (κ1) is 5.81. The number of aryl methyl sites for hydroxylation is 1. The van der Waals surface area contributed by atoms with Crippen LogP contribution >= 0.6 is 0 Å². The first-order chi connectivity index (χ1) is 4.34. The van der Waals surface area contributed by atoms with Crippen LogP contribution in [0.15, 0.2) is 12.4 Å². The van der Waals surface area contributed by atoms with Gasteiger partial charge in [0.2, 0.25) is 0 Å². The van der Waals surface area contributed by atoms with Crippen LogP contribution in [-0.4, -0.2) is 16.0 Å². The molecule has 1 rings (SSSR count). The molecule has 1 aromatic heterocycles. The van der Waals surface area contributed by atoms with Crippen molar-refractivity contribution in [3.05, 3.63) is 12.4 Å². The van der Waals surface area contributed by atoms with Gasteiger partial charge in [0.05, 0.1) is 0 Å². The van der Waals surface area contributed by atoms with E-state index in [0.717, 1.165) is 6.40 Å². The zero-order valence-electron chi connectivity index (χ0n) is 5.03. The van der Waals surface area contributed by atoms with E-state index in [4.69, 9.17) is 5.41 Å².